The minimum absolute atomic E-state index is 0.306. The lowest BCUT2D eigenvalue weighted by Gasteiger charge is -2.07. The number of hydrogen-bond donors (Lipinski definition) is 2. The zero-order valence-electron chi connectivity index (χ0n) is 11.6. The van der Waals surface area contributed by atoms with E-state index in [1.165, 1.54) is 5.56 Å². The van der Waals surface area contributed by atoms with Gasteiger partial charge in [-0.2, -0.15) is 11.8 Å². The van der Waals surface area contributed by atoms with Crippen LogP contribution in [-0.2, 0) is 5.75 Å². The molecule has 0 unspecified atom stereocenters. The predicted octanol–water partition coefficient (Wildman–Crippen LogP) is 2.60. The van der Waals surface area contributed by atoms with Crippen molar-refractivity contribution in [1.29, 1.82) is 0 Å². The fourth-order valence-electron chi connectivity index (χ4n) is 1.77. The molecule has 3 N–H and O–H groups in total. The summed E-state index contributed by atoms with van der Waals surface area (Å²) in [5.74, 6) is 7.42. The van der Waals surface area contributed by atoms with Gasteiger partial charge in [0.15, 0.2) is 0 Å². The highest BCUT2D eigenvalue weighted by molar-refractivity contribution is 7.98. The maximum absolute atomic E-state index is 11.3. The molecule has 2 aromatic carbocycles. The smallest absolute Gasteiger partial charge is 0.265 e. The van der Waals surface area contributed by atoms with Crippen molar-refractivity contribution < 1.29 is 9.53 Å². The first kappa shape index (κ1) is 15.4. The Labute approximate surface area is 128 Å². The third-order valence-electron chi connectivity index (χ3n) is 2.86. The van der Waals surface area contributed by atoms with E-state index in [9.17, 15) is 4.79 Å². The number of rotatable bonds is 7. The van der Waals surface area contributed by atoms with E-state index in [0.717, 1.165) is 17.3 Å². The quantitative estimate of drug-likeness (QED) is 0.357. The van der Waals surface area contributed by atoms with E-state index in [2.05, 4.69) is 17.6 Å². The van der Waals surface area contributed by atoms with Gasteiger partial charge in [0.1, 0.15) is 5.75 Å². The molecule has 1 amide bonds. The van der Waals surface area contributed by atoms with Gasteiger partial charge in [0.2, 0.25) is 0 Å². The molecule has 0 bridgehead atoms. The minimum atomic E-state index is -0.306. The van der Waals surface area contributed by atoms with Gasteiger partial charge in [0, 0.05) is 17.1 Å². The Balaban J connectivity index is 1.68. The molecule has 4 nitrogen and oxygen atoms in total. The predicted molar refractivity (Wildman–Crippen MR) is 86.2 cm³/mol. The van der Waals surface area contributed by atoms with E-state index in [-0.39, 0.29) is 5.91 Å². The lowest BCUT2D eigenvalue weighted by molar-refractivity contribution is 0.0953. The molecule has 0 spiro atoms. The van der Waals surface area contributed by atoms with E-state index in [0.29, 0.717) is 12.2 Å². The molecule has 0 saturated carbocycles. The number of hydrazine groups is 1. The Morgan fingerprint density at radius 2 is 1.81 bits per heavy atom. The average Bonchev–Trinajstić information content (AvgIpc) is 2.55. The molecule has 0 saturated heterocycles. The Morgan fingerprint density at radius 3 is 2.48 bits per heavy atom. The zero-order valence-corrected chi connectivity index (χ0v) is 12.4. The van der Waals surface area contributed by atoms with Crippen LogP contribution in [0.4, 0.5) is 0 Å². The standard InChI is InChI=1S/C16H18N2O2S/c17-18-16(19)14-6-8-15(9-7-14)20-10-11-21-12-13-4-2-1-3-5-13/h1-9H,10-12,17H2,(H,18,19). The molecule has 110 valence electrons. The molecule has 0 fully saturated rings. The van der Waals surface area contributed by atoms with Gasteiger partial charge < -0.3 is 4.74 Å². The van der Waals surface area contributed by atoms with Crippen LogP contribution in [0, 0.1) is 0 Å². The van der Waals surface area contributed by atoms with Gasteiger partial charge in [-0.1, -0.05) is 30.3 Å². The highest BCUT2D eigenvalue weighted by atomic mass is 32.2. The molecule has 0 aliphatic heterocycles. The van der Waals surface area contributed by atoms with Gasteiger partial charge in [-0.25, -0.2) is 5.84 Å². The molecular weight excluding hydrogens is 284 g/mol. The van der Waals surface area contributed by atoms with E-state index in [4.69, 9.17) is 10.6 Å². The Kier molecular flexibility index (Phi) is 6.12. The van der Waals surface area contributed by atoms with Crippen LogP contribution in [0.1, 0.15) is 15.9 Å². The minimum Gasteiger partial charge on any atom is -0.493 e. The summed E-state index contributed by atoms with van der Waals surface area (Å²) < 4.78 is 5.63. The summed E-state index contributed by atoms with van der Waals surface area (Å²) in [6.07, 6.45) is 0. The lowest BCUT2D eigenvalue weighted by atomic mass is 10.2. The molecule has 0 radical (unpaired) electrons. The summed E-state index contributed by atoms with van der Waals surface area (Å²) in [6, 6.07) is 17.3. The fourth-order valence-corrected chi connectivity index (χ4v) is 2.54. The first-order valence-electron chi connectivity index (χ1n) is 6.65. The van der Waals surface area contributed by atoms with Gasteiger partial charge in [0.25, 0.3) is 5.91 Å². The van der Waals surface area contributed by atoms with Crippen LogP contribution in [0.5, 0.6) is 5.75 Å². The van der Waals surface area contributed by atoms with Crippen LogP contribution in [0.15, 0.2) is 54.6 Å². The summed E-state index contributed by atoms with van der Waals surface area (Å²) in [7, 11) is 0. The first-order chi connectivity index (χ1) is 10.3. The number of nitrogen functional groups attached to an aromatic ring is 1. The van der Waals surface area contributed by atoms with Gasteiger partial charge in [-0.3, -0.25) is 10.2 Å². The fraction of sp³-hybridized carbons (Fsp3) is 0.188. The maximum atomic E-state index is 11.3. The molecule has 0 aromatic heterocycles. The number of nitrogens with two attached hydrogens (primary N) is 1. The molecule has 21 heavy (non-hydrogen) atoms. The molecule has 2 rings (SSSR count). The van der Waals surface area contributed by atoms with Crippen LogP contribution in [-0.4, -0.2) is 18.3 Å². The number of nitrogens with one attached hydrogen (secondary N) is 1. The molecule has 0 heterocycles. The molecule has 0 aliphatic carbocycles. The lowest BCUT2D eigenvalue weighted by Crippen LogP contribution is -2.29. The third kappa shape index (κ3) is 5.13. The summed E-state index contributed by atoms with van der Waals surface area (Å²) in [5, 5.41) is 0. The Morgan fingerprint density at radius 1 is 1.10 bits per heavy atom. The SMILES string of the molecule is NNC(=O)c1ccc(OCCSCc2ccccc2)cc1. The normalized spacial score (nSPS) is 10.1. The average molecular weight is 302 g/mol. The largest absolute Gasteiger partial charge is 0.493 e. The molecular formula is C16H18N2O2S. The summed E-state index contributed by atoms with van der Waals surface area (Å²) in [6.45, 7) is 0.639. The van der Waals surface area contributed by atoms with Crippen molar-refractivity contribution >= 4 is 17.7 Å². The topological polar surface area (TPSA) is 64.3 Å². The van der Waals surface area contributed by atoms with E-state index in [1.807, 2.05) is 30.0 Å². The molecule has 5 heteroatoms. The summed E-state index contributed by atoms with van der Waals surface area (Å²) >= 11 is 1.83. The van der Waals surface area contributed by atoms with Crippen LogP contribution < -0.4 is 16.0 Å². The zero-order chi connectivity index (χ0) is 14.9. The van der Waals surface area contributed by atoms with Crippen molar-refractivity contribution in [1.82, 2.24) is 5.43 Å². The van der Waals surface area contributed by atoms with Crippen molar-refractivity contribution in [2.75, 3.05) is 12.4 Å². The molecule has 0 aliphatic rings. The van der Waals surface area contributed by atoms with Crippen LogP contribution in [0.3, 0.4) is 0 Å². The number of thioether (sulfide) groups is 1. The number of ether oxygens (including phenoxy) is 1. The second kappa shape index (κ2) is 8.34. The number of carbonyl (C=O) groups excluding carboxylic acids is 1. The number of hydrogen-bond acceptors (Lipinski definition) is 4. The number of carbonyl (C=O) groups is 1. The van der Waals surface area contributed by atoms with Crippen LogP contribution in [0.2, 0.25) is 0 Å². The van der Waals surface area contributed by atoms with Crippen molar-refractivity contribution in [2.24, 2.45) is 5.84 Å². The van der Waals surface area contributed by atoms with Crippen LogP contribution in [0.25, 0.3) is 0 Å². The third-order valence-corrected chi connectivity index (χ3v) is 3.85. The molecule has 0 atom stereocenters. The second-order valence-electron chi connectivity index (χ2n) is 4.38. The first-order valence-corrected chi connectivity index (χ1v) is 7.80. The van der Waals surface area contributed by atoms with Gasteiger partial charge >= 0.3 is 0 Å². The van der Waals surface area contributed by atoms with Crippen molar-refractivity contribution in [3.63, 3.8) is 0 Å². The monoisotopic (exact) mass is 302 g/mol. The maximum Gasteiger partial charge on any atom is 0.265 e. The highest BCUT2D eigenvalue weighted by Crippen LogP contribution is 2.14. The number of benzene rings is 2. The van der Waals surface area contributed by atoms with Crippen molar-refractivity contribution in [3.05, 3.63) is 65.7 Å². The highest BCUT2D eigenvalue weighted by Gasteiger charge is 2.02. The van der Waals surface area contributed by atoms with Gasteiger partial charge in [-0.05, 0) is 29.8 Å². The van der Waals surface area contributed by atoms with Crippen LogP contribution >= 0.6 is 11.8 Å². The van der Waals surface area contributed by atoms with E-state index >= 15 is 0 Å². The van der Waals surface area contributed by atoms with E-state index in [1.54, 1.807) is 24.3 Å². The summed E-state index contributed by atoms with van der Waals surface area (Å²) in [4.78, 5) is 11.3. The Bertz CT molecular complexity index is 558. The second-order valence-corrected chi connectivity index (χ2v) is 5.49. The number of amides is 1. The van der Waals surface area contributed by atoms with Gasteiger partial charge in [-0.15, -0.1) is 0 Å². The Hall–Kier alpha value is -1.98. The summed E-state index contributed by atoms with van der Waals surface area (Å²) in [5.41, 5.74) is 3.93. The van der Waals surface area contributed by atoms with Gasteiger partial charge in [0.05, 0.1) is 6.61 Å². The van der Waals surface area contributed by atoms with Crippen molar-refractivity contribution in [2.45, 2.75) is 5.75 Å². The van der Waals surface area contributed by atoms with Crippen molar-refractivity contribution in [3.8, 4) is 5.75 Å². The molecule has 2 aromatic rings. The van der Waals surface area contributed by atoms with E-state index < -0.39 is 0 Å².